The van der Waals surface area contributed by atoms with Gasteiger partial charge in [-0.25, -0.2) is 9.98 Å². The van der Waals surface area contributed by atoms with E-state index in [1.54, 1.807) is 11.3 Å². The van der Waals surface area contributed by atoms with Crippen LogP contribution in [0.2, 0.25) is 0 Å². The number of thiazole rings is 1. The molecule has 2 aromatic rings. The zero-order chi connectivity index (χ0) is 16.8. The molecule has 0 amide bonds. The summed E-state index contributed by atoms with van der Waals surface area (Å²) in [5.74, 6) is 2.36. The van der Waals surface area contributed by atoms with Gasteiger partial charge in [0.1, 0.15) is 0 Å². The molecule has 0 aliphatic carbocycles. The van der Waals surface area contributed by atoms with E-state index in [4.69, 9.17) is 9.47 Å². The minimum atomic E-state index is 0.291. The summed E-state index contributed by atoms with van der Waals surface area (Å²) in [6.07, 6.45) is 0.975. The number of benzene rings is 1. The quantitative estimate of drug-likeness (QED) is 0.622. The standard InChI is InChI=1S/C17H22N4O2S/c1-3-16-21-13(10-24-16)9-20-17(18-4-2)19-8-12-5-6-14-15(7-12)23-11-22-14/h5-7,10H,3-4,8-9,11H2,1-2H3,(H2,18,19,20). The zero-order valence-electron chi connectivity index (χ0n) is 14.0. The summed E-state index contributed by atoms with van der Waals surface area (Å²) in [6, 6.07) is 5.91. The van der Waals surface area contributed by atoms with E-state index in [-0.39, 0.29) is 0 Å². The Hall–Kier alpha value is -2.28. The van der Waals surface area contributed by atoms with Crippen molar-refractivity contribution in [2.24, 2.45) is 4.99 Å². The molecule has 1 aromatic carbocycles. The van der Waals surface area contributed by atoms with Crippen LogP contribution in [0.4, 0.5) is 0 Å². The van der Waals surface area contributed by atoms with E-state index < -0.39 is 0 Å². The van der Waals surface area contributed by atoms with Crippen LogP contribution in [0.5, 0.6) is 11.5 Å². The number of nitrogens with zero attached hydrogens (tertiary/aromatic N) is 2. The van der Waals surface area contributed by atoms with Crippen LogP contribution in [0, 0.1) is 0 Å². The van der Waals surface area contributed by atoms with Gasteiger partial charge in [-0.05, 0) is 31.0 Å². The van der Waals surface area contributed by atoms with Crippen molar-refractivity contribution in [1.29, 1.82) is 0 Å². The van der Waals surface area contributed by atoms with Crippen molar-refractivity contribution in [1.82, 2.24) is 15.6 Å². The Morgan fingerprint density at radius 1 is 1.25 bits per heavy atom. The van der Waals surface area contributed by atoms with E-state index in [1.165, 1.54) is 0 Å². The average molecular weight is 346 g/mol. The van der Waals surface area contributed by atoms with Gasteiger partial charge in [0.2, 0.25) is 6.79 Å². The van der Waals surface area contributed by atoms with Crippen molar-refractivity contribution < 1.29 is 9.47 Å². The van der Waals surface area contributed by atoms with Gasteiger partial charge >= 0.3 is 0 Å². The van der Waals surface area contributed by atoms with E-state index in [0.29, 0.717) is 19.9 Å². The molecule has 7 heteroatoms. The van der Waals surface area contributed by atoms with Crippen molar-refractivity contribution in [3.8, 4) is 11.5 Å². The van der Waals surface area contributed by atoms with Crippen LogP contribution in [0.25, 0.3) is 0 Å². The Balaban J connectivity index is 1.60. The number of aliphatic imine (C=N–C) groups is 1. The van der Waals surface area contributed by atoms with Gasteiger partial charge in [-0.15, -0.1) is 11.3 Å². The lowest BCUT2D eigenvalue weighted by Crippen LogP contribution is -2.36. The van der Waals surface area contributed by atoms with Gasteiger partial charge in [0, 0.05) is 11.9 Å². The first-order chi connectivity index (χ1) is 11.8. The van der Waals surface area contributed by atoms with E-state index in [9.17, 15) is 0 Å². The molecule has 128 valence electrons. The molecular formula is C17H22N4O2S. The molecule has 0 atom stereocenters. The highest BCUT2D eigenvalue weighted by Crippen LogP contribution is 2.32. The number of guanidine groups is 1. The van der Waals surface area contributed by atoms with Gasteiger partial charge in [-0.3, -0.25) is 0 Å². The minimum absolute atomic E-state index is 0.291. The monoisotopic (exact) mass is 346 g/mol. The third-order valence-corrected chi connectivity index (χ3v) is 4.58. The molecule has 1 aliphatic rings. The maximum Gasteiger partial charge on any atom is 0.231 e. The highest BCUT2D eigenvalue weighted by atomic mass is 32.1. The Morgan fingerprint density at radius 3 is 2.92 bits per heavy atom. The second-order valence-electron chi connectivity index (χ2n) is 5.32. The summed E-state index contributed by atoms with van der Waals surface area (Å²) < 4.78 is 10.7. The minimum Gasteiger partial charge on any atom is -0.454 e. The maximum atomic E-state index is 5.40. The largest absolute Gasteiger partial charge is 0.454 e. The predicted molar refractivity (Wildman–Crippen MR) is 95.7 cm³/mol. The first kappa shape index (κ1) is 16.6. The number of aromatic nitrogens is 1. The normalized spacial score (nSPS) is 13.2. The SMILES string of the molecule is CCNC(=NCc1ccc2c(c1)OCO2)NCc1csc(CC)n1. The Bertz CT molecular complexity index is 714. The van der Waals surface area contributed by atoms with E-state index in [0.717, 1.165) is 46.7 Å². The third kappa shape index (κ3) is 4.17. The molecule has 0 bridgehead atoms. The van der Waals surface area contributed by atoms with Crippen LogP contribution in [-0.4, -0.2) is 24.3 Å². The van der Waals surface area contributed by atoms with Crippen LogP contribution in [0.3, 0.4) is 0 Å². The number of fused-ring (bicyclic) bond motifs is 1. The second kappa shape index (κ2) is 8.01. The Labute approximate surface area is 145 Å². The molecule has 24 heavy (non-hydrogen) atoms. The van der Waals surface area contributed by atoms with Gasteiger partial charge in [-0.1, -0.05) is 13.0 Å². The van der Waals surface area contributed by atoms with Gasteiger partial charge < -0.3 is 20.1 Å². The van der Waals surface area contributed by atoms with Crippen LogP contribution in [0.15, 0.2) is 28.6 Å². The fourth-order valence-electron chi connectivity index (χ4n) is 2.32. The van der Waals surface area contributed by atoms with Crippen molar-refractivity contribution in [3.63, 3.8) is 0 Å². The molecule has 0 radical (unpaired) electrons. The molecule has 0 unspecified atom stereocenters. The molecule has 0 spiro atoms. The van der Waals surface area contributed by atoms with Crippen LogP contribution >= 0.6 is 11.3 Å². The molecule has 1 aliphatic heterocycles. The van der Waals surface area contributed by atoms with Crippen molar-refractivity contribution in [3.05, 3.63) is 39.8 Å². The summed E-state index contributed by atoms with van der Waals surface area (Å²) in [4.78, 5) is 9.19. The maximum absolute atomic E-state index is 5.40. The number of ether oxygens (including phenoxy) is 2. The molecule has 2 N–H and O–H groups in total. The van der Waals surface area contributed by atoms with Crippen LogP contribution < -0.4 is 20.1 Å². The van der Waals surface area contributed by atoms with Crippen molar-refractivity contribution in [2.45, 2.75) is 33.4 Å². The zero-order valence-corrected chi connectivity index (χ0v) is 14.8. The third-order valence-electron chi connectivity index (χ3n) is 3.54. The highest BCUT2D eigenvalue weighted by molar-refractivity contribution is 7.09. The molecule has 3 rings (SSSR count). The summed E-state index contributed by atoms with van der Waals surface area (Å²) in [7, 11) is 0. The fraction of sp³-hybridized carbons (Fsp3) is 0.412. The van der Waals surface area contributed by atoms with Gasteiger partial charge in [-0.2, -0.15) is 0 Å². The van der Waals surface area contributed by atoms with Crippen molar-refractivity contribution >= 4 is 17.3 Å². The van der Waals surface area contributed by atoms with E-state index in [1.807, 2.05) is 18.2 Å². The molecular weight excluding hydrogens is 324 g/mol. The topological polar surface area (TPSA) is 67.8 Å². The number of rotatable bonds is 6. The molecule has 0 fully saturated rings. The Morgan fingerprint density at radius 2 is 2.12 bits per heavy atom. The predicted octanol–water partition coefficient (Wildman–Crippen LogP) is 2.69. The summed E-state index contributed by atoms with van der Waals surface area (Å²) in [5.41, 5.74) is 2.13. The molecule has 0 saturated heterocycles. The smallest absolute Gasteiger partial charge is 0.231 e. The number of aryl methyl sites for hydroxylation is 1. The molecule has 0 saturated carbocycles. The first-order valence-electron chi connectivity index (χ1n) is 8.12. The second-order valence-corrected chi connectivity index (χ2v) is 6.27. The van der Waals surface area contributed by atoms with E-state index >= 15 is 0 Å². The molecule has 6 nitrogen and oxygen atoms in total. The van der Waals surface area contributed by atoms with Crippen molar-refractivity contribution in [2.75, 3.05) is 13.3 Å². The van der Waals surface area contributed by atoms with Gasteiger partial charge in [0.05, 0.1) is 23.8 Å². The fourth-order valence-corrected chi connectivity index (χ4v) is 3.06. The average Bonchev–Trinajstić information content (AvgIpc) is 3.25. The first-order valence-corrected chi connectivity index (χ1v) is 9.00. The summed E-state index contributed by atoms with van der Waals surface area (Å²) in [6.45, 7) is 6.51. The molecule has 2 heterocycles. The number of nitrogens with one attached hydrogen (secondary N) is 2. The lowest BCUT2D eigenvalue weighted by molar-refractivity contribution is 0.174. The number of hydrogen-bond acceptors (Lipinski definition) is 5. The molecule has 1 aromatic heterocycles. The Kier molecular flexibility index (Phi) is 5.53. The number of hydrogen-bond donors (Lipinski definition) is 2. The van der Waals surface area contributed by atoms with Crippen LogP contribution in [-0.2, 0) is 19.5 Å². The van der Waals surface area contributed by atoms with Crippen LogP contribution in [0.1, 0.15) is 30.1 Å². The highest BCUT2D eigenvalue weighted by Gasteiger charge is 2.13. The summed E-state index contributed by atoms with van der Waals surface area (Å²) in [5, 5.41) is 9.83. The lowest BCUT2D eigenvalue weighted by atomic mass is 10.2. The van der Waals surface area contributed by atoms with Gasteiger partial charge in [0.25, 0.3) is 0 Å². The van der Waals surface area contributed by atoms with Gasteiger partial charge in [0.15, 0.2) is 17.5 Å². The lowest BCUT2D eigenvalue weighted by Gasteiger charge is -2.10. The summed E-state index contributed by atoms with van der Waals surface area (Å²) >= 11 is 1.70. The van der Waals surface area contributed by atoms with E-state index in [2.05, 4.69) is 39.8 Å².